The van der Waals surface area contributed by atoms with Gasteiger partial charge in [-0.2, -0.15) is 0 Å². The molecule has 2 unspecified atom stereocenters. The summed E-state index contributed by atoms with van der Waals surface area (Å²) in [6.45, 7) is 6.97. The van der Waals surface area contributed by atoms with Crippen molar-refractivity contribution in [1.29, 1.82) is 0 Å². The zero-order chi connectivity index (χ0) is 24.0. The minimum atomic E-state index is -0.652. The Balaban J connectivity index is 1.69. The fourth-order valence-corrected chi connectivity index (χ4v) is 4.10. The molecule has 2 atom stereocenters. The zero-order valence-corrected chi connectivity index (χ0v) is 20.2. The fraction of sp³-hybridized carbons (Fsp3) is 0.423. The number of halogens is 1. The topological polar surface area (TPSA) is 78.5 Å². The van der Waals surface area contributed by atoms with E-state index in [2.05, 4.69) is 10.6 Å². The first-order chi connectivity index (χ1) is 15.8. The van der Waals surface area contributed by atoms with Gasteiger partial charge in [-0.1, -0.05) is 36.2 Å². The number of likely N-dealkylation sites (tertiary alicyclic amines) is 1. The normalized spacial score (nSPS) is 16.1. The third-order valence-electron chi connectivity index (χ3n) is 6.27. The smallest absolute Gasteiger partial charge is 0.253 e. The highest BCUT2D eigenvalue weighted by atomic mass is 35.5. The second-order valence-corrected chi connectivity index (χ2v) is 9.21. The highest BCUT2D eigenvalue weighted by Gasteiger charge is 2.34. The van der Waals surface area contributed by atoms with Gasteiger partial charge in [0, 0.05) is 35.3 Å². The number of rotatable bonds is 7. The molecule has 3 rings (SSSR count). The molecule has 2 aromatic rings. The van der Waals surface area contributed by atoms with Crippen molar-refractivity contribution in [2.24, 2.45) is 5.92 Å². The van der Waals surface area contributed by atoms with Crippen molar-refractivity contribution in [3.8, 4) is 0 Å². The molecule has 1 aliphatic rings. The number of piperidine rings is 1. The van der Waals surface area contributed by atoms with E-state index in [4.69, 9.17) is 11.6 Å². The monoisotopic (exact) mass is 469 g/mol. The summed E-state index contributed by atoms with van der Waals surface area (Å²) in [7, 11) is 0. The Kier molecular flexibility index (Phi) is 8.50. The molecule has 7 heteroatoms. The van der Waals surface area contributed by atoms with E-state index >= 15 is 0 Å². The van der Waals surface area contributed by atoms with Crippen molar-refractivity contribution in [1.82, 2.24) is 15.5 Å². The van der Waals surface area contributed by atoms with E-state index in [-0.39, 0.29) is 29.7 Å². The molecule has 2 aromatic carbocycles. The van der Waals surface area contributed by atoms with E-state index in [1.807, 2.05) is 32.9 Å². The molecule has 6 nitrogen and oxygen atoms in total. The maximum Gasteiger partial charge on any atom is 0.253 e. The predicted octanol–water partition coefficient (Wildman–Crippen LogP) is 4.21. The number of hydrogen-bond donors (Lipinski definition) is 2. The van der Waals surface area contributed by atoms with Gasteiger partial charge in [0.15, 0.2) is 0 Å². The Bertz CT molecular complexity index is 967. The van der Waals surface area contributed by atoms with Gasteiger partial charge >= 0.3 is 0 Å². The van der Waals surface area contributed by atoms with Crippen molar-refractivity contribution < 1.29 is 14.4 Å². The molecule has 0 radical (unpaired) electrons. The van der Waals surface area contributed by atoms with Gasteiger partial charge in [-0.3, -0.25) is 14.4 Å². The molecule has 2 N–H and O–H groups in total. The molecular weight excluding hydrogens is 438 g/mol. The zero-order valence-electron chi connectivity index (χ0n) is 19.4. The average Bonchev–Trinajstić information content (AvgIpc) is 2.82. The summed E-state index contributed by atoms with van der Waals surface area (Å²) < 4.78 is 0. The largest absolute Gasteiger partial charge is 0.352 e. The van der Waals surface area contributed by atoms with Crippen molar-refractivity contribution in [2.75, 3.05) is 13.1 Å². The number of carbonyl (C=O) groups excluding carboxylic acids is 3. The van der Waals surface area contributed by atoms with Gasteiger partial charge in [0.2, 0.25) is 5.91 Å². The quantitative estimate of drug-likeness (QED) is 0.637. The molecular formula is C26H32ClN3O3. The van der Waals surface area contributed by atoms with E-state index < -0.39 is 6.04 Å². The first-order valence-corrected chi connectivity index (χ1v) is 11.9. The van der Waals surface area contributed by atoms with Crippen molar-refractivity contribution in [3.63, 3.8) is 0 Å². The summed E-state index contributed by atoms with van der Waals surface area (Å²) in [5, 5.41) is 6.56. The number of nitrogens with one attached hydrogen (secondary N) is 2. The summed E-state index contributed by atoms with van der Waals surface area (Å²) in [6.07, 6.45) is 2.07. The summed E-state index contributed by atoms with van der Waals surface area (Å²) in [5.41, 5.74) is 2.18. The molecule has 0 bridgehead atoms. The lowest BCUT2D eigenvalue weighted by atomic mass is 9.88. The molecule has 3 amide bonds. The number of hydrogen-bond acceptors (Lipinski definition) is 3. The van der Waals surface area contributed by atoms with Gasteiger partial charge in [-0.15, -0.1) is 0 Å². The Morgan fingerprint density at radius 1 is 0.970 bits per heavy atom. The molecule has 33 heavy (non-hydrogen) atoms. The second kappa shape index (κ2) is 11.3. The van der Waals surface area contributed by atoms with Crippen LogP contribution in [0.5, 0.6) is 0 Å². The SMILES string of the molecule is CCC(C)NC(=O)C(NC(=O)c1ccc(C)cc1)C1CCN(C(=O)c2ccc(Cl)cc2)CC1. The summed E-state index contributed by atoms with van der Waals surface area (Å²) in [4.78, 5) is 40.6. The molecule has 176 valence electrons. The number of carbonyl (C=O) groups is 3. The van der Waals surface area contributed by atoms with Crippen LogP contribution in [0.1, 0.15) is 59.4 Å². The van der Waals surface area contributed by atoms with Crippen LogP contribution in [0.25, 0.3) is 0 Å². The van der Waals surface area contributed by atoms with Gasteiger partial charge in [-0.05, 0) is 75.4 Å². The summed E-state index contributed by atoms with van der Waals surface area (Å²) >= 11 is 5.93. The van der Waals surface area contributed by atoms with E-state index in [1.165, 1.54) is 0 Å². The maximum absolute atomic E-state index is 13.1. The maximum atomic E-state index is 13.1. The molecule has 0 aliphatic carbocycles. The second-order valence-electron chi connectivity index (χ2n) is 8.77. The molecule has 0 aromatic heterocycles. The van der Waals surface area contributed by atoms with E-state index in [0.717, 1.165) is 12.0 Å². The van der Waals surface area contributed by atoms with Crippen LogP contribution in [0.3, 0.4) is 0 Å². The third kappa shape index (κ3) is 6.57. The number of aryl methyl sites for hydroxylation is 1. The van der Waals surface area contributed by atoms with E-state index in [1.54, 1.807) is 41.3 Å². The first-order valence-electron chi connectivity index (χ1n) is 11.5. The van der Waals surface area contributed by atoms with Gasteiger partial charge in [0.05, 0.1) is 0 Å². The van der Waals surface area contributed by atoms with Crippen LogP contribution in [0, 0.1) is 12.8 Å². The van der Waals surface area contributed by atoms with Crippen LogP contribution in [0.15, 0.2) is 48.5 Å². The van der Waals surface area contributed by atoms with E-state index in [0.29, 0.717) is 42.1 Å². The number of nitrogens with zero attached hydrogens (tertiary/aromatic N) is 1. The molecule has 1 aliphatic heterocycles. The lowest BCUT2D eigenvalue weighted by Crippen LogP contribution is -2.55. The Hall–Kier alpha value is -2.86. The Morgan fingerprint density at radius 3 is 2.12 bits per heavy atom. The lowest BCUT2D eigenvalue weighted by molar-refractivity contribution is -0.125. The van der Waals surface area contributed by atoms with E-state index in [9.17, 15) is 14.4 Å². The van der Waals surface area contributed by atoms with Gasteiger partial charge in [0.25, 0.3) is 11.8 Å². The molecule has 0 saturated carbocycles. The van der Waals surface area contributed by atoms with Crippen LogP contribution in [0.2, 0.25) is 5.02 Å². The Morgan fingerprint density at radius 2 is 1.55 bits per heavy atom. The Labute approximate surface area is 200 Å². The fourth-order valence-electron chi connectivity index (χ4n) is 3.97. The summed E-state index contributed by atoms with van der Waals surface area (Å²) in [6, 6.07) is 13.5. The van der Waals surface area contributed by atoms with Crippen LogP contribution < -0.4 is 10.6 Å². The molecule has 1 heterocycles. The van der Waals surface area contributed by atoms with Gasteiger partial charge < -0.3 is 15.5 Å². The van der Waals surface area contributed by atoms with Crippen LogP contribution in [-0.2, 0) is 4.79 Å². The predicted molar refractivity (Wildman–Crippen MR) is 130 cm³/mol. The highest BCUT2D eigenvalue weighted by molar-refractivity contribution is 6.30. The van der Waals surface area contributed by atoms with Crippen molar-refractivity contribution in [2.45, 2.75) is 52.1 Å². The van der Waals surface area contributed by atoms with Gasteiger partial charge in [-0.25, -0.2) is 0 Å². The standard InChI is InChI=1S/C26H32ClN3O3/c1-4-18(3)28-25(32)23(29-24(31)20-7-5-17(2)6-8-20)19-13-15-30(16-14-19)26(33)21-9-11-22(27)12-10-21/h5-12,18-19,23H,4,13-16H2,1-3H3,(H,28,32)(H,29,31). The summed E-state index contributed by atoms with van der Waals surface area (Å²) in [5.74, 6) is -0.543. The molecule has 1 saturated heterocycles. The minimum Gasteiger partial charge on any atom is -0.352 e. The average molecular weight is 470 g/mol. The minimum absolute atomic E-state index is 0.0165. The highest BCUT2D eigenvalue weighted by Crippen LogP contribution is 2.23. The number of benzene rings is 2. The van der Waals surface area contributed by atoms with Crippen LogP contribution in [0.4, 0.5) is 0 Å². The van der Waals surface area contributed by atoms with Crippen molar-refractivity contribution >= 4 is 29.3 Å². The van der Waals surface area contributed by atoms with Crippen LogP contribution in [-0.4, -0.2) is 47.8 Å². The van der Waals surface area contributed by atoms with Crippen LogP contribution >= 0.6 is 11.6 Å². The third-order valence-corrected chi connectivity index (χ3v) is 6.53. The molecule has 0 spiro atoms. The molecule has 1 fully saturated rings. The first kappa shape index (κ1) is 24.8. The number of amides is 3. The van der Waals surface area contributed by atoms with Crippen molar-refractivity contribution in [3.05, 3.63) is 70.2 Å². The van der Waals surface area contributed by atoms with Gasteiger partial charge in [0.1, 0.15) is 6.04 Å². The lowest BCUT2D eigenvalue weighted by Gasteiger charge is -2.36.